The molecular weight excluding hydrogens is 454 g/mol. The van der Waals surface area contributed by atoms with E-state index in [2.05, 4.69) is 20.3 Å². The number of fused-ring (bicyclic) bond motifs is 5. The van der Waals surface area contributed by atoms with Gasteiger partial charge in [-0.05, 0) is 55.7 Å². The number of H-pyrrole nitrogens is 1. The molecule has 5 aromatic rings. The summed E-state index contributed by atoms with van der Waals surface area (Å²) in [6.07, 6.45) is 11.2. The molecule has 8 rings (SSSR count). The highest BCUT2D eigenvalue weighted by atomic mass is 16.4. The van der Waals surface area contributed by atoms with Gasteiger partial charge < -0.3 is 20.0 Å². The van der Waals surface area contributed by atoms with Crippen LogP contribution in [0.15, 0.2) is 61.3 Å². The molecule has 3 aliphatic rings. The molecule has 3 saturated carbocycles. The molecule has 1 aromatic carbocycles. The fourth-order valence-corrected chi connectivity index (χ4v) is 6.26. The van der Waals surface area contributed by atoms with E-state index >= 15 is 0 Å². The van der Waals surface area contributed by atoms with Gasteiger partial charge in [0.25, 0.3) is 0 Å². The van der Waals surface area contributed by atoms with Crippen molar-refractivity contribution in [3.05, 3.63) is 61.3 Å². The molecule has 0 spiro atoms. The third-order valence-corrected chi connectivity index (χ3v) is 7.98. The average Bonchev–Trinajstić information content (AvgIpc) is 3.54. The molecule has 4 heterocycles. The second kappa shape index (κ2) is 8.15. The van der Waals surface area contributed by atoms with E-state index in [1.165, 1.54) is 6.33 Å². The molecule has 0 aliphatic heterocycles. The number of anilines is 1. The van der Waals surface area contributed by atoms with Crippen LogP contribution in [0.3, 0.4) is 0 Å². The van der Waals surface area contributed by atoms with Crippen LogP contribution in [0, 0.1) is 17.8 Å². The topological polar surface area (TPSA) is 122 Å². The molecule has 0 unspecified atom stereocenters. The van der Waals surface area contributed by atoms with Gasteiger partial charge in [-0.1, -0.05) is 18.2 Å². The first kappa shape index (κ1) is 21.0. The third-order valence-electron chi connectivity index (χ3n) is 7.98. The Morgan fingerprint density at radius 3 is 2.64 bits per heavy atom. The second-order valence-corrected chi connectivity index (χ2v) is 9.85. The predicted molar refractivity (Wildman–Crippen MR) is 136 cm³/mol. The Labute approximate surface area is 206 Å². The molecule has 0 amide bonds. The monoisotopic (exact) mass is 479 g/mol. The van der Waals surface area contributed by atoms with Gasteiger partial charge in [0.2, 0.25) is 0 Å². The molecule has 2 bridgehead atoms. The van der Waals surface area contributed by atoms with Crippen LogP contribution in [0.5, 0.6) is 0 Å². The number of para-hydroxylation sites is 1. The van der Waals surface area contributed by atoms with Crippen molar-refractivity contribution in [2.24, 2.45) is 17.8 Å². The number of aromatic nitrogens is 6. The maximum absolute atomic E-state index is 12.3. The molecule has 9 heteroatoms. The number of hydrogen-bond donors (Lipinski definition) is 3. The van der Waals surface area contributed by atoms with E-state index in [0.717, 1.165) is 53.4 Å². The summed E-state index contributed by atoms with van der Waals surface area (Å²) in [7, 11) is 0. The van der Waals surface area contributed by atoms with Crippen LogP contribution in [0.1, 0.15) is 25.7 Å². The first-order valence-electron chi connectivity index (χ1n) is 12.4. The zero-order valence-corrected chi connectivity index (χ0v) is 19.5. The number of nitrogens with zero attached hydrogens (tertiary/aromatic N) is 5. The third kappa shape index (κ3) is 3.26. The van der Waals surface area contributed by atoms with Crippen molar-refractivity contribution in [2.75, 3.05) is 5.32 Å². The Bertz CT molecular complexity index is 1580. The van der Waals surface area contributed by atoms with E-state index in [1.807, 2.05) is 53.4 Å². The summed E-state index contributed by atoms with van der Waals surface area (Å²) in [4.78, 5) is 33.9. The van der Waals surface area contributed by atoms with Gasteiger partial charge in [0.1, 0.15) is 17.8 Å². The smallest absolute Gasteiger partial charge is 0.308 e. The standard InChI is InChI=1S/C27H25N7O2/c35-27(36)21-15-6-8-16(9-7-15)22(21)31-24-18-10-11-34(17-4-2-1-3-5-17)26(18)33-25(32-24)20-13-29-23-19(20)12-28-14-30-23/h1-5,10-16,21-22H,6-9H2,(H,35,36)(H,28,29,30)(H,31,32,33)/t15?,16?,21-,22-/m0/s1. The molecule has 3 fully saturated rings. The average molecular weight is 480 g/mol. The van der Waals surface area contributed by atoms with Crippen molar-refractivity contribution in [2.45, 2.75) is 31.7 Å². The molecule has 2 atom stereocenters. The minimum atomic E-state index is -0.719. The zero-order valence-electron chi connectivity index (χ0n) is 19.5. The van der Waals surface area contributed by atoms with Gasteiger partial charge in [0.05, 0.1) is 11.3 Å². The quantitative estimate of drug-likeness (QED) is 0.335. The summed E-state index contributed by atoms with van der Waals surface area (Å²) >= 11 is 0. The number of nitrogens with one attached hydrogen (secondary N) is 2. The van der Waals surface area contributed by atoms with Gasteiger partial charge >= 0.3 is 5.97 Å². The Morgan fingerprint density at radius 1 is 1.03 bits per heavy atom. The lowest BCUT2D eigenvalue weighted by atomic mass is 9.61. The number of aromatic amines is 1. The van der Waals surface area contributed by atoms with Crippen molar-refractivity contribution in [3.63, 3.8) is 0 Å². The Hall–Kier alpha value is -4.27. The van der Waals surface area contributed by atoms with Gasteiger partial charge in [0, 0.05) is 41.3 Å². The fraction of sp³-hybridized carbons (Fsp3) is 0.296. The Morgan fingerprint density at radius 2 is 1.83 bits per heavy atom. The van der Waals surface area contributed by atoms with Crippen LogP contribution in [-0.4, -0.2) is 46.6 Å². The summed E-state index contributed by atoms with van der Waals surface area (Å²) in [5, 5.41) is 15.4. The lowest BCUT2D eigenvalue weighted by Gasteiger charge is -2.47. The molecule has 36 heavy (non-hydrogen) atoms. The zero-order chi connectivity index (χ0) is 24.2. The van der Waals surface area contributed by atoms with Gasteiger partial charge in [-0.25, -0.2) is 19.9 Å². The number of rotatable bonds is 5. The van der Waals surface area contributed by atoms with Gasteiger partial charge in [-0.3, -0.25) is 4.79 Å². The van der Waals surface area contributed by atoms with Crippen LogP contribution < -0.4 is 5.32 Å². The number of aliphatic carboxylic acids is 1. The Balaban J connectivity index is 1.41. The summed E-state index contributed by atoms with van der Waals surface area (Å²) < 4.78 is 2.04. The van der Waals surface area contributed by atoms with Gasteiger partial charge in [-0.15, -0.1) is 0 Å². The predicted octanol–water partition coefficient (Wildman–Crippen LogP) is 4.66. The van der Waals surface area contributed by atoms with Crippen molar-refractivity contribution in [1.29, 1.82) is 0 Å². The van der Waals surface area contributed by atoms with Crippen LogP contribution in [0.25, 0.3) is 39.1 Å². The second-order valence-electron chi connectivity index (χ2n) is 9.85. The summed E-state index contributed by atoms with van der Waals surface area (Å²) in [6, 6.07) is 11.9. The maximum atomic E-state index is 12.3. The van der Waals surface area contributed by atoms with E-state index in [0.29, 0.717) is 23.2 Å². The van der Waals surface area contributed by atoms with E-state index in [9.17, 15) is 9.90 Å². The van der Waals surface area contributed by atoms with Gasteiger partial charge in [-0.2, -0.15) is 0 Å². The first-order valence-corrected chi connectivity index (χ1v) is 12.4. The molecular formula is C27H25N7O2. The largest absolute Gasteiger partial charge is 0.481 e. The highest BCUT2D eigenvalue weighted by molar-refractivity contribution is 5.95. The van der Waals surface area contributed by atoms with Crippen molar-refractivity contribution in [3.8, 4) is 17.1 Å². The van der Waals surface area contributed by atoms with Gasteiger partial charge in [0.15, 0.2) is 11.5 Å². The maximum Gasteiger partial charge on any atom is 0.308 e. The van der Waals surface area contributed by atoms with E-state index in [-0.39, 0.29) is 12.0 Å². The summed E-state index contributed by atoms with van der Waals surface area (Å²) in [6.45, 7) is 0. The van der Waals surface area contributed by atoms with E-state index in [1.54, 1.807) is 6.20 Å². The minimum Gasteiger partial charge on any atom is -0.481 e. The summed E-state index contributed by atoms with van der Waals surface area (Å²) in [5.74, 6) is 0.602. The first-order chi connectivity index (χ1) is 17.7. The van der Waals surface area contributed by atoms with Crippen LogP contribution in [0.4, 0.5) is 5.82 Å². The molecule has 0 radical (unpaired) electrons. The SMILES string of the molecule is O=C(O)[C@H]1C2CCC(CC2)[C@@H]1Nc1nc(-c2c[nH]c3ncncc23)nc2c1ccn2-c1ccccc1. The highest BCUT2D eigenvalue weighted by Crippen LogP contribution is 2.47. The number of carbonyl (C=O) groups is 1. The fourth-order valence-electron chi connectivity index (χ4n) is 6.26. The molecule has 3 N–H and O–H groups in total. The van der Waals surface area contributed by atoms with E-state index < -0.39 is 11.9 Å². The molecule has 180 valence electrons. The van der Waals surface area contributed by atoms with Crippen molar-refractivity contribution in [1.82, 2.24) is 29.5 Å². The summed E-state index contributed by atoms with van der Waals surface area (Å²) in [5.41, 5.74) is 3.27. The van der Waals surface area contributed by atoms with Crippen molar-refractivity contribution >= 4 is 33.9 Å². The van der Waals surface area contributed by atoms with E-state index in [4.69, 9.17) is 9.97 Å². The van der Waals surface area contributed by atoms with Crippen LogP contribution in [0.2, 0.25) is 0 Å². The molecule has 4 aromatic heterocycles. The van der Waals surface area contributed by atoms with Crippen LogP contribution >= 0.6 is 0 Å². The minimum absolute atomic E-state index is 0.160. The van der Waals surface area contributed by atoms with Crippen LogP contribution in [-0.2, 0) is 4.79 Å². The number of benzene rings is 1. The highest BCUT2D eigenvalue weighted by Gasteiger charge is 2.47. The number of carboxylic acid groups (broad SMARTS) is 1. The number of carboxylic acids is 1. The van der Waals surface area contributed by atoms with Crippen molar-refractivity contribution < 1.29 is 9.90 Å². The Kier molecular flexibility index (Phi) is 4.77. The molecule has 0 saturated heterocycles. The number of hydrogen-bond acceptors (Lipinski definition) is 6. The lowest BCUT2D eigenvalue weighted by molar-refractivity contribution is -0.148. The normalized spacial score (nSPS) is 23.3. The molecule has 3 aliphatic carbocycles. The molecule has 9 nitrogen and oxygen atoms in total. The lowest BCUT2D eigenvalue weighted by Crippen LogP contribution is -2.51.